The zero-order valence-electron chi connectivity index (χ0n) is 13.3. The van der Waals surface area contributed by atoms with Gasteiger partial charge in [-0.15, -0.1) is 10.2 Å². The van der Waals surface area contributed by atoms with Crippen LogP contribution in [0, 0.1) is 17.7 Å². The lowest BCUT2D eigenvalue weighted by Gasteiger charge is -2.28. The molecule has 126 valence electrons. The molecule has 6 heteroatoms. The van der Waals surface area contributed by atoms with E-state index in [9.17, 15) is 14.3 Å². The molecule has 1 saturated carbocycles. The van der Waals surface area contributed by atoms with Crippen molar-refractivity contribution in [3.8, 4) is 11.3 Å². The number of aromatic nitrogens is 2. The summed E-state index contributed by atoms with van der Waals surface area (Å²) in [6.45, 7) is 0.585. The highest BCUT2D eigenvalue weighted by Gasteiger charge is 2.30. The zero-order valence-corrected chi connectivity index (χ0v) is 13.3. The number of nitrogens with zero attached hydrogens (tertiary/aromatic N) is 2. The average molecular weight is 329 g/mol. The van der Waals surface area contributed by atoms with Crippen molar-refractivity contribution in [1.29, 1.82) is 0 Å². The van der Waals surface area contributed by atoms with Crippen molar-refractivity contribution in [2.45, 2.75) is 25.7 Å². The normalized spacial score (nSPS) is 20.5. The van der Waals surface area contributed by atoms with Gasteiger partial charge >= 0.3 is 5.97 Å². The van der Waals surface area contributed by atoms with E-state index < -0.39 is 5.97 Å². The minimum absolute atomic E-state index is 0.120. The topological polar surface area (TPSA) is 75.1 Å². The highest BCUT2D eigenvalue weighted by molar-refractivity contribution is 5.70. The Kier molecular flexibility index (Phi) is 5.03. The summed E-state index contributed by atoms with van der Waals surface area (Å²) in [4.78, 5) is 11.3. The molecular formula is C18H20FN3O2. The number of aliphatic carboxylic acids is 1. The summed E-state index contributed by atoms with van der Waals surface area (Å²) in [6, 6.07) is 9.72. The molecule has 0 unspecified atom stereocenters. The maximum atomic E-state index is 12.9. The Morgan fingerprint density at radius 3 is 2.54 bits per heavy atom. The smallest absolute Gasteiger partial charge is 0.306 e. The highest BCUT2D eigenvalue weighted by Crippen LogP contribution is 2.30. The molecule has 0 amide bonds. The first-order valence-electron chi connectivity index (χ1n) is 8.20. The third kappa shape index (κ3) is 3.88. The molecule has 0 radical (unpaired) electrons. The van der Waals surface area contributed by atoms with Crippen LogP contribution in [0.25, 0.3) is 11.3 Å². The van der Waals surface area contributed by atoms with E-state index in [1.165, 1.54) is 12.1 Å². The molecule has 0 bridgehead atoms. The molecule has 2 N–H and O–H groups in total. The quantitative estimate of drug-likeness (QED) is 0.877. The fraction of sp³-hybridized carbons (Fsp3) is 0.389. The average Bonchev–Trinajstić information content (AvgIpc) is 2.61. The minimum atomic E-state index is -0.709. The van der Waals surface area contributed by atoms with E-state index in [-0.39, 0.29) is 17.7 Å². The van der Waals surface area contributed by atoms with Crippen LogP contribution in [0.2, 0.25) is 0 Å². The summed E-state index contributed by atoms with van der Waals surface area (Å²) in [7, 11) is 0. The summed E-state index contributed by atoms with van der Waals surface area (Å²) in [6.07, 6.45) is 3.73. The summed E-state index contributed by atoms with van der Waals surface area (Å²) in [5.41, 5.74) is 1.47. The molecule has 2 aromatic rings. The molecule has 5 nitrogen and oxygen atoms in total. The second-order valence-electron chi connectivity index (χ2n) is 6.18. The number of carbonyl (C=O) groups is 1. The second-order valence-corrected chi connectivity index (χ2v) is 6.18. The molecule has 1 heterocycles. The molecule has 1 aromatic carbocycles. The van der Waals surface area contributed by atoms with E-state index in [2.05, 4.69) is 15.5 Å². The fourth-order valence-corrected chi connectivity index (χ4v) is 3.21. The standard InChI is InChI=1S/C18H20FN3O2/c19-14-7-5-12(6-8-14)16-9-10-17(22-21-16)20-11-13-3-1-2-4-15(13)18(23)24/h5-10,13,15H,1-4,11H2,(H,20,22)(H,23,24)/t13-,15-/m0/s1. The van der Waals surface area contributed by atoms with Gasteiger partial charge < -0.3 is 10.4 Å². The lowest BCUT2D eigenvalue weighted by atomic mass is 9.79. The van der Waals surface area contributed by atoms with Gasteiger partial charge in [-0.2, -0.15) is 0 Å². The van der Waals surface area contributed by atoms with Gasteiger partial charge in [-0.3, -0.25) is 4.79 Å². The Labute approximate surface area is 139 Å². The number of carboxylic acids is 1. The predicted octanol–water partition coefficient (Wildman–Crippen LogP) is 3.59. The number of rotatable bonds is 5. The van der Waals surface area contributed by atoms with Gasteiger partial charge in [0.1, 0.15) is 11.6 Å². The molecule has 0 aliphatic heterocycles. The van der Waals surface area contributed by atoms with Gasteiger partial charge in [0.05, 0.1) is 11.6 Å². The van der Waals surface area contributed by atoms with Crippen molar-refractivity contribution < 1.29 is 14.3 Å². The van der Waals surface area contributed by atoms with Crippen molar-refractivity contribution in [3.63, 3.8) is 0 Å². The van der Waals surface area contributed by atoms with Crippen LogP contribution in [-0.2, 0) is 4.79 Å². The van der Waals surface area contributed by atoms with Crippen molar-refractivity contribution in [2.75, 3.05) is 11.9 Å². The molecular weight excluding hydrogens is 309 g/mol. The number of hydrogen-bond donors (Lipinski definition) is 2. The van der Waals surface area contributed by atoms with Gasteiger partial charge in [-0.1, -0.05) is 12.8 Å². The fourth-order valence-electron chi connectivity index (χ4n) is 3.21. The second kappa shape index (κ2) is 7.38. The molecule has 0 saturated heterocycles. The third-order valence-electron chi connectivity index (χ3n) is 4.58. The Morgan fingerprint density at radius 1 is 1.12 bits per heavy atom. The Morgan fingerprint density at radius 2 is 1.88 bits per heavy atom. The first kappa shape index (κ1) is 16.4. The van der Waals surface area contributed by atoms with Crippen LogP contribution in [-0.4, -0.2) is 27.8 Å². The first-order valence-corrected chi connectivity index (χ1v) is 8.20. The predicted molar refractivity (Wildman–Crippen MR) is 89.0 cm³/mol. The summed E-state index contributed by atoms with van der Waals surface area (Å²) >= 11 is 0. The number of anilines is 1. The lowest BCUT2D eigenvalue weighted by Crippen LogP contribution is -2.31. The van der Waals surface area contributed by atoms with Crippen LogP contribution in [0.1, 0.15) is 25.7 Å². The maximum absolute atomic E-state index is 12.9. The van der Waals surface area contributed by atoms with Crippen molar-refractivity contribution in [2.24, 2.45) is 11.8 Å². The largest absolute Gasteiger partial charge is 0.481 e. The molecule has 1 aliphatic rings. The Hall–Kier alpha value is -2.50. The summed E-state index contributed by atoms with van der Waals surface area (Å²) in [5.74, 6) is -0.534. The van der Waals surface area contributed by atoms with Crippen LogP contribution in [0.5, 0.6) is 0 Å². The van der Waals surface area contributed by atoms with E-state index in [1.807, 2.05) is 12.1 Å². The highest BCUT2D eigenvalue weighted by atomic mass is 19.1. The number of nitrogens with one attached hydrogen (secondary N) is 1. The lowest BCUT2D eigenvalue weighted by molar-refractivity contribution is -0.144. The van der Waals surface area contributed by atoms with Gasteiger partial charge in [0.2, 0.25) is 0 Å². The van der Waals surface area contributed by atoms with Gasteiger partial charge in [-0.25, -0.2) is 4.39 Å². The van der Waals surface area contributed by atoms with E-state index in [0.717, 1.165) is 31.2 Å². The Balaban J connectivity index is 1.61. The van der Waals surface area contributed by atoms with E-state index in [0.29, 0.717) is 18.1 Å². The van der Waals surface area contributed by atoms with E-state index in [4.69, 9.17) is 0 Å². The molecule has 1 fully saturated rings. The Bertz CT molecular complexity index is 688. The van der Waals surface area contributed by atoms with Crippen molar-refractivity contribution in [3.05, 3.63) is 42.2 Å². The van der Waals surface area contributed by atoms with Crippen LogP contribution in [0.15, 0.2) is 36.4 Å². The van der Waals surface area contributed by atoms with E-state index >= 15 is 0 Å². The van der Waals surface area contributed by atoms with Crippen LogP contribution in [0.4, 0.5) is 10.2 Å². The molecule has 1 aliphatic carbocycles. The monoisotopic (exact) mass is 329 g/mol. The van der Waals surface area contributed by atoms with Gasteiger partial charge in [-0.05, 0) is 55.2 Å². The van der Waals surface area contributed by atoms with Gasteiger partial charge in [0.15, 0.2) is 0 Å². The number of carboxylic acid groups (broad SMARTS) is 1. The van der Waals surface area contributed by atoms with Crippen LogP contribution in [0.3, 0.4) is 0 Å². The molecule has 24 heavy (non-hydrogen) atoms. The van der Waals surface area contributed by atoms with Crippen LogP contribution >= 0.6 is 0 Å². The van der Waals surface area contributed by atoms with Crippen LogP contribution < -0.4 is 5.32 Å². The molecule has 3 rings (SSSR count). The van der Waals surface area contributed by atoms with Gasteiger partial charge in [0, 0.05) is 12.1 Å². The molecule has 0 spiro atoms. The minimum Gasteiger partial charge on any atom is -0.481 e. The molecule has 2 atom stereocenters. The number of halogens is 1. The molecule has 1 aromatic heterocycles. The summed E-state index contributed by atoms with van der Waals surface area (Å²) < 4.78 is 12.9. The van der Waals surface area contributed by atoms with Gasteiger partial charge in [0.25, 0.3) is 0 Å². The van der Waals surface area contributed by atoms with Crippen molar-refractivity contribution >= 4 is 11.8 Å². The van der Waals surface area contributed by atoms with E-state index in [1.54, 1.807) is 12.1 Å². The first-order chi connectivity index (χ1) is 11.6. The number of benzene rings is 1. The third-order valence-corrected chi connectivity index (χ3v) is 4.58. The number of hydrogen-bond acceptors (Lipinski definition) is 4. The zero-order chi connectivity index (χ0) is 16.9. The SMILES string of the molecule is O=C(O)[C@H]1CCCC[C@H]1CNc1ccc(-c2ccc(F)cc2)nn1. The summed E-state index contributed by atoms with van der Waals surface area (Å²) in [5, 5.41) is 20.8. The van der Waals surface area contributed by atoms with Crippen molar-refractivity contribution in [1.82, 2.24) is 10.2 Å². The maximum Gasteiger partial charge on any atom is 0.306 e.